The Hall–Kier alpha value is -2.63. The zero-order valence-corrected chi connectivity index (χ0v) is 14.6. The normalized spacial score (nSPS) is 18.4. The molecule has 1 fully saturated rings. The van der Waals surface area contributed by atoms with Crippen LogP contribution < -0.4 is 11.1 Å². The third-order valence-electron chi connectivity index (χ3n) is 4.70. The SMILES string of the molecule is CN=C(NCc1ccnc2ccccc12)N1CCCC(CC(N)=O)C1. The lowest BCUT2D eigenvalue weighted by molar-refractivity contribution is -0.119. The van der Waals surface area contributed by atoms with Gasteiger partial charge in [0.2, 0.25) is 5.91 Å². The summed E-state index contributed by atoms with van der Waals surface area (Å²) in [7, 11) is 1.80. The first-order chi connectivity index (χ1) is 12.2. The molecule has 0 saturated carbocycles. The zero-order valence-electron chi connectivity index (χ0n) is 14.6. The molecular weight excluding hydrogens is 314 g/mol. The van der Waals surface area contributed by atoms with Crippen LogP contribution >= 0.6 is 0 Å². The molecule has 1 aromatic heterocycles. The fourth-order valence-electron chi connectivity index (χ4n) is 3.52. The van der Waals surface area contributed by atoms with Gasteiger partial charge in [0.1, 0.15) is 0 Å². The largest absolute Gasteiger partial charge is 0.370 e. The van der Waals surface area contributed by atoms with Crippen molar-refractivity contribution in [3.63, 3.8) is 0 Å². The summed E-state index contributed by atoms with van der Waals surface area (Å²) in [5, 5.41) is 4.60. The van der Waals surface area contributed by atoms with E-state index in [1.54, 1.807) is 7.05 Å². The van der Waals surface area contributed by atoms with Gasteiger partial charge in [-0.25, -0.2) is 0 Å². The molecule has 0 aliphatic carbocycles. The number of rotatable bonds is 4. The molecule has 1 amide bonds. The summed E-state index contributed by atoms with van der Waals surface area (Å²) in [5.74, 6) is 0.958. The van der Waals surface area contributed by atoms with Gasteiger partial charge in [-0.15, -0.1) is 0 Å². The maximum Gasteiger partial charge on any atom is 0.217 e. The van der Waals surface area contributed by atoms with Crippen molar-refractivity contribution < 1.29 is 4.79 Å². The summed E-state index contributed by atoms with van der Waals surface area (Å²) < 4.78 is 0. The molecule has 6 heteroatoms. The van der Waals surface area contributed by atoms with E-state index in [2.05, 4.69) is 26.3 Å². The molecule has 1 unspecified atom stereocenters. The molecule has 1 saturated heterocycles. The number of guanidine groups is 1. The molecule has 25 heavy (non-hydrogen) atoms. The van der Waals surface area contributed by atoms with Gasteiger partial charge >= 0.3 is 0 Å². The Morgan fingerprint density at radius 1 is 1.40 bits per heavy atom. The van der Waals surface area contributed by atoms with Crippen molar-refractivity contribution in [3.8, 4) is 0 Å². The molecule has 2 heterocycles. The number of hydrogen-bond acceptors (Lipinski definition) is 3. The molecule has 0 bridgehead atoms. The summed E-state index contributed by atoms with van der Waals surface area (Å²) >= 11 is 0. The number of para-hydroxylation sites is 1. The summed E-state index contributed by atoms with van der Waals surface area (Å²) in [6, 6.07) is 10.2. The number of aromatic nitrogens is 1. The van der Waals surface area contributed by atoms with Crippen LogP contribution in [0.3, 0.4) is 0 Å². The Labute approximate surface area is 148 Å². The first-order valence-electron chi connectivity index (χ1n) is 8.74. The van der Waals surface area contributed by atoms with Gasteiger partial charge in [0.25, 0.3) is 0 Å². The third kappa shape index (κ3) is 4.26. The summed E-state index contributed by atoms with van der Waals surface area (Å²) in [6.45, 7) is 2.46. The predicted molar refractivity (Wildman–Crippen MR) is 100 cm³/mol. The van der Waals surface area contributed by atoms with Gasteiger partial charge in [0.15, 0.2) is 5.96 Å². The molecule has 1 aliphatic rings. The smallest absolute Gasteiger partial charge is 0.217 e. The van der Waals surface area contributed by atoms with E-state index >= 15 is 0 Å². The Kier molecular flexibility index (Phi) is 5.48. The number of carbonyl (C=O) groups is 1. The fourth-order valence-corrected chi connectivity index (χ4v) is 3.52. The van der Waals surface area contributed by atoms with Crippen molar-refractivity contribution in [1.29, 1.82) is 0 Å². The van der Waals surface area contributed by atoms with Crippen molar-refractivity contribution in [2.45, 2.75) is 25.8 Å². The summed E-state index contributed by atoms with van der Waals surface area (Å²) in [6.07, 6.45) is 4.39. The minimum atomic E-state index is -0.224. The molecule has 2 aromatic rings. The second-order valence-corrected chi connectivity index (χ2v) is 6.51. The van der Waals surface area contributed by atoms with E-state index in [9.17, 15) is 4.79 Å². The minimum absolute atomic E-state index is 0.224. The van der Waals surface area contributed by atoms with Crippen molar-refractivity contribution in [2.24, 2.45) is 16.6 Å². The van der Waals surface area contributed by atoms with Crippen LogP contribution in [0.15, 0.2) is 41.5 Å². The monoisotopic (exact) mass is 339 g/mol. The summed E-state index contributed by atoms with van der Waals surface area (Å²) in [5.41, 5.74) is 7.54. The topological polar surface area (TPSA) is 83.6 Å². The predicted octanol–water partition coefficient (Wildman–Crippen LogP) is 1.90. The van der Waals surface area contributed by atoms with Crippen LogP contribution in [-0.2, 0) is 11.3 Å². The van der Waals surface area contributed by atoms with E-state index in [4.69, 9.17) is 5.73 Å². The summed E-state index contributed by atoms with van der Waals surface area (Å²) in [4.78, 5) is 22.2. The number of nitrogens with two attached hydrogens (primary N) is 1. The number of primary amides is 1. The van der Waals surface area contributed by atoms with Crippen LogP contribution in [0, 0.1) is 5.92 Å². The highest BCUT2D eigenvalue weighted by atomic mass is 16.1. The Morgan fingerprint density at radius 2 is 2.24 bits per heavy atom. The van der Waals surface area contributed by atoms with E-state index in [-0.39, 0.29) is 5.91 Å². The second kappa shape index (κ2) is 7.96. The van der Waals surface area contributed by atoms with Gasteiger partial charge < -0.3 is 16.0 Å². The Morgan fingerprint density at radius 3 is 3.04 bits per heavy atom. The number of aliphatic imine (C=N–C) groups is 1. The van der Waals surface area contributed by atoms with Crippen molar-refractivity contribution >= 4 is 22.8 Å². The molecule has 6 nitrogen and oxygen atoms in total. The number of pyridine rings is 1. The first-order valence-corrected chi connectivity index (χ1v) is 8.74. The number of benzene rings is 1. The van der Waals surface area contributed by atoms with Gasteiger partial charge in [0.05, 0.1) is 5.52 Å². The molecule has 0 radical (unpaired) electrons. The van der Waals surface area contributed by atoms with Gasteiger partial charge in [0, 0.05) is 44.7 Å². The molecule has 1 atom stereocenters. The maximum absolute atomic E-state index is 11.2. The van der Waals surface area contributed by atoms with Crippen molar-refractivity contribution in [2.75, 3.05) is 20.1 Å². The van der Waals surface area contributed by atoms with Crippen LogP contribution in [0.25, 0.3) is 10.9 Å². The van der Waals surface area contributed by atoms with Crippen LogP contribution in [-0.4, -0.2) is 41.9 Å². The quantitative estimate of drug-likeness (QED) is 0.658. The lowest BCUT2D eigenvalue weighted by atomic mass is 9.95. The van der Waals surface area contributed by atoms with Gasteiger partial charge in [-0.1, -0.05) is 18.2 Å². The van der Waals surface area contributed by atoms with E-state index < -0.39 is 0 Å². The number of amides is 1. The van der Waals surface area contributed by atoms with E-state index in [1.165, 1.54) is 5.56 Å². The first kappa shape index (κ1) is 17.2. The number of fused-ring (bicyclic) bond motifs is 1. The van der Waals surface area contributed by atoms with Gasteiger partial charge in [-0.05, 0) is 36.5 Å². The zero-order chi connectivity index (χ0) is 17.6. The van der Waals surface area contributed by atoms with Crippen LogP contribution in [0.4, 0.5) is 0 Å². The number of likely N-dealkylation sites (tertiary alicyclic amines) is 1. The van der Waals surface area contributed by atoms with Crippen LogP contribution in [0.5, 0.6) is 0 Å². The molecule has 132 valence electrons. The highest BCUT2D eigenvalue weighted by Gasteiger charge is 2.23. The van der Waals surface area contributed by atoms with Crippen molar-refractivity contribution in [3.05, 3.63) is 42.1 Å². The average Bonchev–Trinajstić information content (AvgIpc) is 2.62. The molecule has 1 aromatic carbocycles. The van der Waals surface area contributed by atoms with Gasteiger partial charge in [-0.3, -0.25) is 14.8 Å². The van der Waals surface area contributed by atoms with Crippen molar-refractivity contribution in [1.82, 2.24) is 15.2 Å². The lowest BCUT2D eigenvalue weighted by Gasteiger charge is -2.34. The number of nitrogens with zero attached hydrogens (tertiary/aromatic N) is 3. The van der Waals surface area contributed by atoms with Gasteiger partial charge in [-0.2, -0.15) is 0 Å². The molecular formula is C19H25N5O. The van der Waals surface area contributed by atoms with Crippen LogP contribution in [0.2, 0.25) is 0 Å². The Bertz CT molecular complexity index is 768. The molecule has 0 spiro atoms. The van der Waals surface area contributed by atoms with Crippen LogP contribution in [0.1, 0.15) is 24.8 Å². The third-order valence-corrected chi connectivity index (χ3v) is 4.70. The lowest BCUT2D eigenvalue weighted by Crippen LogP contribution is -2.46. The number of hydrogen-bond donors (Lipinski definition) is 2. The fraction of sp³-hybridized carbons (Fsp3) is 0.421. The average molecular weight is 339 g/mol. The van der Waals surface area contributed by atoms with E-state index in [0.717, 1.165) is 42.8 Å². The molecule has 3 N–H and O–H groups in total. The Balaban J connectivity index is 1.67. The standard InChI is InChI=1S/C19H25N5O/c1-21-19(24-10-4-5-14(13-24)11-18(20)25)23-12-15-8-9-22-17-7-3-2-6-16(15)17/h2-3,6-9,14H,4-5,10-13H2,1H3,(H2,20,25)(H,21,23). The highest BCUT2D eigenvalue weighted by molar-refractivity contribution is 5.84. The second-order valence-electron chi connectivity index (χ2n) is 6.51. The molecule has 3 rings (SSSR count). The maximum atomic E-state index is 11.2. The number of nitrogens with one attached hydrogen (secondary N) is 1. The molecule has 1 aliphatic heterocycles. The highest BCUT2D eigenvalue weighted by Crippen LogP contribution is 2.20. The van der Waals surface area contributed by atoms with E-state index in [1.807, 2.05) is 30.5 Å². The number of carbonyl (C=O) groups excluding carboxylic acids is 1. The minimum Gasteiger partial charge on any atom is -0.370 e. The van der Waals surface area contributed by atoms with E-state index in [0.29, 0.717) is 18.9 Å². The number of piperidine rings is 1.